The van der Waals surface area contributed by atoms with E-state index in [9.17, 15) is 0 Å². The molecule has 108 valence electrons. The lowest BCUT2D eigenvalue weighted by molar-refractivity contribution is 0.185. The van der Waals surface area contributed by atoms with Gasteiger partial charge in [-0.2, -0.15) is 0 Å². The van der Waals surface area contributed by atoms with Crippen molar-refractivity contribution in [3.63, 3.8) is 0 Å². The van der Waals surface area contributed by atoms with E-state index in [1.807, 2.05) is 6.92 Å². The van der Waals surface area contributed by atoms with Crippen LogP contribution in [0.3, 0.4) is 0 Å². The van der Waals surface area contributed by atoms with Gasteiger partial charge in [0.15, 0.2) is 0 Å². The molecule has 0 radical (unpaired) electrons. The molecular weight excluding hydrogens is 280 g/mol. The number of methoxy groups -OCH3 is 1. The lowest BCUT2D eigenvalue weighted by atomic mass is 10.1. The van der Waals surface area contributed by atoms with E-state index in [1.165, 1.54) is 15.8 Å². The van der Waals surface area contributed by atoms with Gasteiger partial charge in [0.05, 0.1) is 21.8 Å². The van der Waals surface area contributed by atoms with E-state index < -0.39 is 0 Å². The Bertz CT molecular complexity index is 751. The topological polar surface area (TPSA) is 34.1 Å². The number of hydrogen-bond acceptors (Lipinski definition) is 4. The van der Waals surface area contributed by atoms with Crippen molar-refractivity contribution in [2.75, 3.05) is 12.4 Å². The zero-order valence-corrected chi connectivity index (χ0v) is 13.0. The molecule has 0 atom stereocenters. The second-order valence-corrected chi connectivity index (χ2v) is 6.26. The van der Waals surface area contributed by atoms with E-state index in [1.54, 1.807) is 18.4 Å². The first-order valence-electron chi connectivity index (χ1n) is 6.92. The van der Waals surface area contributed by atoms with Crippen LogP contribution in [0.4, 0.5) is 5.69 Å². The number of nitrogens with zero attached hydrogens (tertiary/aromatic N) is 1. The summed E-state index contributed by atoms with van der Waals surface area (Å²) >= 11 is 1.73. The Morgan fingerprint density at radius 1 is 1.14 bits per heavy atom. The van der Waals surface area contributed by atoms with Crippen LogP contribution >= 0.6 is 11.3 Å². The smallest absolute Gasteiger partial charge is 0.0907 e. The fraction of sp³-hybridized carbons (Fsp3) is 0.235. The van der Waals surface area contributed by atoms with Crippen LogP contribution in [0, 0.1) is 6.92 Å². The quantitative estimate of drug-likeness (QED) is 0.760. The summed E-state index contributed by atoms with van der Waals surface area (Å²) < 4.78 is 6.40. The van der Waals surface area contributed by atoms with E-state index in [4.69, 9.17) is 4.74 Å². The maximum absolute atomic E-state index is 5.17. The minimum atomic E-state index is 0.653. The van der Waals surface area contributed by atoms with Crippen molar-refractivity contribution in [2.24, 2.45) is 0 Å². The molecule has 0 amide bonds. The molecular formula is C17H18N2OS. The summed E-state index contributed by atoms with van der Waals surface area (Å²) in [5, 5.41) is 4.58. The van der Waals surface area contributed by atoms with Gasteiger partial charge in [0.1, 0.15) is 0 Å². The molecule has 1 N–H and O–H groups in total. The molecule has 1 heterocycles. The summed E-state index contributed by atoms with van der Waals surface area (Å²) in [4.78, 5) is 4.48. The van der Waals surface area contributed by atoms with Crippen LogP contribution < -0.4 is 5.32 Å². The molecule has 21 heavy (non-hydrogen) atoms. The monoisotopic (exact) mass is 298 g/mol. The summed E-state index contributed by atoms with van der Waals surface area (Å²) in [5.74, 6) is 0. The van der Waals surface area contributed by atoms with Gasteiger partial charge in [-0.05, 0) is 36.2 Å². The van der Waals surface area contributed by atoms with Gasteiger partial charge in [0.2, 0.25) is 0 Å². The number of aryl methyl sites for hydroxylation is 1. The zero-order valence-electron chi connectivity index (χ0n) is 12.2. The van der Waals surface area contributed by atoms with Crippen LogP contribution in [0.25, 0.3) is 10.2 Å². The van der Waals surface area contributed by atoms with Gasteiger partial charge < -0.3 is 10.1 Å². The molecule has 3 aromatic rings. The minimum absolute atomic E-state index is 0.653. The summed E-state index contributed by atoms with van der Waals surface area (Å²) in [5.41, 5.74) is 4.66. The fourth-order valence-corrected chi connectivity index (χ4v) is 3.22. The van der Waals surface area contributed by atoms with Crippen molar-refractivity contribution < 1.29 is 4.74 Å². The number of rotatable bonds is 5. The molecule has 0 aliphatic carbocycles. The molecule has 3 rings (SSSR count). The standard InChI is InChI=1S/C17H18N2OS/c1-12-19-16-7-6-15(9-17(16)21-12)18-10-13-4-3-5-14(8-13)11-20-2/h3-9,18H,10-11H2,1-2H3. The first-order chi connectivity index (χ1) is 10.2. The second-order valence-electron chi connectivity index (χ2n) is 5.02. The predicted octanol–water partition coefficient (Wildman–Crippen LogP) is 4.36. The van der Waals surface area contributed by atoms with Gasteiger partial charge in [0.25, 0.3) is 0 Å². The first kappa shape index (κ1) is 14.0. The van der Waals surface area contributed by atoms with Crippen LogP contribution in [-0.2, 0) is 17.9 Å². The molecule has 0 saturated carbocycles. The van der Waals surface area contributed by atoms with Crippen molar-refractivity contribution in [1.82, 2.24) is 4.98 Å². The minimum Gasteiger partial charge on any atom is -0.381 e. The van der Waals surface area contributed by atoms with Gasteiger partial charge in [0, 0.05) is 19.3 Å². The number of ether oxygens (including phenoxy) is 1. The zero-order chi connectivity index (χ0) is 14.7. The second kappa shape index (κ2) is 6.24. The van der Waals surface area contributed by atoms with E-state index in [0.29, 0.717) is 6.61 Å². The SMILES string of the molecule is COCc1cccc(CNc2ccc3nc(C)sc3c2)c1. The van der Waals surface area contributed by atoms with Crippen LogP contribution in [0.1, 0.15) is 16.1 Å². The Hall–Kier alpha value is -1.91. The number of nitrogens with one attached hydrogen (secondary N) is 1. The number of benzene rings is 2. The van der Waals surface area contributed by atoms with Crippen LogP contribution in [-0.4, -0.2) is 12.1 Å². The van der Waals surface area contributed by atoms with E-state index >= 15 is 0 Å². The summed E-state index contributed by atoms with van der Waals surface area (Å²) in [7, 11) is 1.72. The first-order valence-corrected chi connectivity index (χ1v) is 7.74. The lowest BCUT2D eigenvalue weighted by Crippen LogP contribution is -2.00. The molecule has 0 saturated heterocycles. The molecule has 4 heteroatoms. The summed E-state index contributed by atoms with van der Waals surface area (Å²) in [6.45, 7) is 3.50. The summed E-state index contributed by atoms with van der Waals surface area (Å²) in [6, 6.07) is 14.8. The number of aromatic nitrogens is 1. The fourth-order valence-electron chi connectivity index (χ4n) is 2.35. The van der Waals surface area contributed by atoms with Crippen molar-refractivity contribution in [2.45, 2.75) is 20.1 Å². The van der Waals surface area contributed by atoms with Gasteiger partial charge in [-0.15, -0.1) is 11.3 Å². The third-order valence-corrected chi connectivity index (χ3v) is 4.23. The number of thiazole rings is 1. The highest BCUT2D eigenvalue weighted by Crippen LogP contribution is 2.25. The highest BCUT2D eigenvalue weighted by Gasteiger charge is 2.02. The van der Waals surface area contributed by atoms with Gasteiger partial charge in [-0.3, -0.25) is 0 Å². The van der Waals surface area contributed by atoms with Crippen LogP contribution in [0.15, 0.2) is 42.5 Å². The highest BCUT2D eigenvalue weighted by atomic mass is 32.1. The predicted molar refractivity (Wildman–Crippen MR) is 88.8 cm³/mol. The summed E-state index contributed by atoms with van der Waals surface area (Å²) in [6.07, 6.45) is 0. The molecule has 2 aromatic carbocycles. The van der Waals surface area contributed by atoms with Gasteiger partial charge in [-0.25, -0.2) is 4.98 Å². The normalized spacial score (nSPS) is 11.0. The molecule has 0 fully saturated rings. The maximum Gasteiger partial charge on any atom is 0.0907 e. The maximum atomic E-state index is 5.17. The molecule has 0 bridgehead atoms. The van der Waals surface area contributed by atoms with Crippen LogP contribution in [0.2, 0.25) is 0 Å². The van der Waals surface area contributed by atoms with Crippen molar-refractivity contribution in [3.8, 4) is 0 Å². The lowest BCUT2D eigenvalue weighted by Gasteiger charge is -2.08. The highest BCUT2D eigenvalue weighted by molar-refractivity contribution is 7.18. The van der Waals surface area contributed by atoms with E-state index in [-0.39, 0.29) is 0 Å². The number of anilines is 1. The Balaban J connectivity index is 1.72. The van der Waals surface area contributed by atoms with E-state index in [2.05, 4.69) is 52.8 Å². The molecule has 3 nitrogen and oxygen atoms in total. The van der Waals surface area contributed by atoms with Crippen LogP contribution in [0.5, 0.6) is 0 Å². The van der Waals surface area contributed by atoms with Crippen molar-refractivity contribution in [1.29, 1.82) is 0 Å². The van der Waals surface area contributed by atoms with Crippen molar-refractivity contribution in [3.05, 3.63) is 58.6 Å². The third kappa shape index (κ3) is 3.40. The Kier molecular flexibility index (Phi) is 4.18. The number of hydrogen-bond donors (Lipinski definition) is 1. The van der Waals surface area contributed by atoms with Gasteiger partial charge >= 0.3 is 0 Å². The van der Waals surface area contributed by atoms with E-state index in [0.717, 1.165) is 22.8 Å². The molecule has 0 spiro atoms. The van der Waals surface area contributed by atoms with Crippen molar-refractivity contribution >= 4 is 27.2 Å². The Morgan fingerprint density at radius 2 is 2.00 bits per heavy atom. The molecule has 1 aromatic heterocycles. The Labute approximate surface area is 128 Å². The average Bonchev–Trinajstić information content (AvgIpc) is 2.85. The molecule has 0 aliphatic heterocycles. The molecule has 0 aliphatic rings. The van der Waals surface area contributed by atoms with Gasteiger partial charge in [-0.1, -0.05) is 24.3 Å². The largest absolute Gasteiger partial charge is 0.381 e. The number of fused-ring (bicyclic) bond motifs is 1. The average molecular weight is 298 g/mol. The molecule has 0 unspecified atom stereocenters. The third-order valence-electron chi connectivity index (χ3n) is 3.29. The Morgan fingerprint density at radius 3 is 2.86 bits per heavy atom.